The minimum absolute atomic E-state index is 0.00191. The Balaban J connectivity index is 1.54. The number of hydrogen-bond acceptors (Lipinski definition) is 7. The van der Waals surface area contributed by atoms with E-state index in [-0.39, 0.29) is 22.8 Å². The van der Waals surface area contributed by atoms with Crippen LogP contribution in [0.25, 0.3) is 32.8 Å². The minimum Gasteiger partial charge on any atom is -0.508 e. The zero-order chi connectivity index (χ0) is 24.0. The van der Waals surface area contributed by atoms with Crippen molar-refractivity contribution in [2.24, 2.45) is 0 Å². The second-order valence-electron chi connectivity index (χ2n) is 9.18. The summed E-state index contributed by atoms with van der Waals surface area (Å²) in [4.78, 5) is 11.5. The highest BCUT2D eigenvalue weighted by atomic mass is 35.5. The molecular weight excluding hydrogens is 494 g/mol. The average Bonchev–Trinajstić information content (AvgIpc) is 3.00. The van der Waals surface area contributed by atoms with Crippen molar-refractivity contribution in [3.8, 4) is 28.6 Å². The molecule has 178 valence electrons. The van der Waals surface area contributed by atoms with E-state index in [0.717, 1.165) is 18.8 Å². The molecule has 4 aliphatic rings. The molecule has 1 aromatic heterocycles. The Hall–Kier alpha value is -3.07. The molecule has 0 radical (unpaired) electrons. The zero-order valence-electron chi connectivity index (χ0n) is 18.5. The van der Waals surface area contributed by atoms with E-state index >= 15 is 0 Å². The van der Waals surface area contributed by atoms with E-state index in [4.69, 9.17) is 37.7 Å². The number of nitrogens with one attached hydrogen (secondary N) is 1. The third-order valence-electron chi connectivity index (χ3n) is 7.25. The number of aromatic nitrogens is 2. The molecule has 3 unspecified atom stereocenters. The van der Waals surface area contributed by atoms with E-state index in [9.17, 15) is 9.50 Å². The molecule has 3 fully saturated rings. The van der Waals surface area contributed by atoms with E-state index in [0.29, 0.717) is 62.3 Å². The number of halogens is 3. The molecule has 3 aromatic carbocycles. The lowest BCUT2D eigenvalue weighted by molar-refractivity contribution is 0.138. The molecule has 2 N–H and O–H groups in total. The van der Waals surface area contributed by atoms with Gasteiger partial charge in [-0.2, -0.15) is 9.97 Å². The molecule has 8 rings (SSSR count). The summed E-state index contributed by atoms with van der Waals surface area (Å²) in [6.07, 6.45) is 1.09. The quantitative estimate of drug-likeness (QED) is 0.394. The maximum atomic E-state index is 14.5. The summed E-state index contributed by atoms with van der Waals surface area (Å²) in [5.74, 6) is 0.611. The highest BCUT2D eigenvalue weighted by Gasteiger charge is 2.47. The SMILES string of the molecule is COc1nc2c3c(c(Cl)c(-c4cc(O)cc5ccc(F)c(Cl)c45)cc3n1)OCC1C3CC(CN21)N3. The first-order valence-corrected chi connectivity index (χ1v) is 12.0. The van der Waals surface area contributed by atoms with Crippen LogP contribution in [0.3, 0.4) is 0 Å². The zero-order valence-corrected chi connectivity index (χ0v) is 20.0. The highest BCUT2D eigenvalue weighted by molar-refractivity contribution is 6.39. The third kappa shape index (κ3) is 3.00. The van der Waals surface area contributed by atoms with Crippen molar-refractivity contribution in [1.29, 1.82) is 0 Å². The lowest BCUT2D eigenvalue weighted by atomic mass is 9.85. The summed E-state index contributed by atoms with van der Waals surface area (Å²) in [6.45, 7) is 1.21. The maximum absolute atomic E-state index is 14.5. The van der Waals surface area contributed by atoms with E-state index in [1.165, 1.54) is 25.3 Å². The molecule has 0 spiro atoms. The lowest BCUT2D eigenvalue weighted by Crippen LogP contribution is -2.73. The molecule has 4 aromatic rings. The second-order valence-corrected chi connectivity index (χ2v) is 9.94. The number of nitrogens with zero attached hydrogens (tertiary/aromatic N) is 3. The van der Waals surface area contributed by atoms with Gasteiger partial charge >= 0.3 is 6.01 Å². The molecule has 10 heteroatoms. The van der Waals surface area contributed by atoms with Gasteiger partial charge in [0.2, 0.25) is 0 Å². The van der Waals surface area contributed by atoms with Crippen molar-refractivity contribution in [3.05, 3.63) is 46.2 Å². The monoisotopic (exact) mass is 512 g/mol. The van der Waals surface area contributed by atoms with Gasteiger partial charge in [0.05, 0.1) is 34.1 Å². The van der Waals surface area contributed by atoms with E-state index in [2.05, 4.69) is 15.2 Å². The first-order chi connectivity index (χ1) is 16.9. The molecule has 4 aliphatic heterocycles. The molecule has 7 nitrogen and oxygen atoms in total. The van der Waals surface area contributed by atoms with Crippen LogP contribution < -0.4 is 19.7 Å². The number of fused-ring (bicyclic) bond motifs is 1. The van der Waals surface area contributed by atoms with Gasteiger partial charge in [0, 0.05) is 29.6 Å². The Morgan fingerprint density at radius 1 is 1.14 bits per heavy atom. The number of hydrogen-bond donors (Lipinski definition) is 2. The van der Waals surface area contributed by atoms with Crippen molar-refractivity contribution >= 4 is 50.7 Å². The van der Waals surface area contributed by atoms with Gasteiger partial charge in [0.15, 0.2) is 5.75 Å². The van der Waals surface area contributed by atoms with Crippen molar-refractivity contribution in [1.82, 2.24) is 15.3 Å². The summed E-state index contributed by atoms with van der Waals surface area (Å²) < 4.78 is 26.3. The molecule has 2 bridgehead atoms. The molecule has 5 heterocycles. The number of anilines is 1. The smallest absolute Gasteiger partial charge is 0.318 e. The standard InChI is InChI=1S/C25H19Cl2FN4O3/c1-34-25-30-17-7-14(13-6-12(33)4-10-2-3-15(28)22(27)19(10)13)21(26)23-20(17)24(31-25)32-8-11-5-16(29-11)18(32)9-35-23/h2-4,6-7,11,16,18,29,33H,5,8-9H2,1H3. The maximum Gasteiger partial charge on any atom is 0.318 e. The molecular formula is C25H19Cl2FN4O3. The van der Waals surface area contributed by atoms with Crippen LogP contribution in [0, 0.1) is 5.82 Å². The molecule has 3 atom stereocenters. The Morgan fingerprint density at radius 3 is 2.77 bits per heavy atom. The van der Waals surface area contributed by atoms with Crippen LogP contribution in [-0.4, -0.2) is 53.5 Å². The van der Waals surface area contributed by atoms with Crippen LogP contribution in [0.1, 0.15) is 6.42 Å². The molecule has 0 amide bonds. The molecule has 0 saturated carbocycles. The number of methoxy groups -OCH3 is 1. The van der Waals surface area contributed by atoms with Crippen LogP contribution >= 0.6 is 23.2 Å². The van der Waals surface area contributed by atoms with Gasteiger partial charge in [-0.05, 0) is 41.6 Å². The number of piperazine rings is 1. The van der Waals surface area contributed by atoms with Gasteiger partial charge in [0.1, 0.15) is 24.0 Å². The predicted octanol–water partition coefficient (Wildman–Crippen LogP) is 4.92. The van der Waals surface area contributed by atoms with Crippen molar-refractivity contribution in [3.63, 3.8) is 0 Å². The molecule has 35 heavy (non-hydrogen) atoms. The van der Waals surface area contributed by atoms with Crippen molar-refractivity contribution < 1.29 is 19.0 Å². The van der Waals surface area contributed by atoms with Crippen LogP contribution in [0.5, 0.6) is 17.5 Å². The summed E-state index contributed by atoms with van der Waals surface area (Å²) in [6, 6.07) is 8.69. The fraction of sp³-hybridized carbons (Fsp3) is 0.280. The van der Waals surface area contributed by atoms with Crippen LogP contribution in [0.2, 0.25) is 10.0 Å². The van der Waals surface area contributed by atoms with E-state index in [1.807, 2.05) is 0 Å². The summed E-state index contributed by atoms with van der Waals surface area (Å²) in [5, 5.41) is 16.0. The Kier molecular flexibility index (Phi) is 4.53. The van der Waals surface area contributed by atoms with Crippen LogP contribution in [0.4, 0.5) is 10.2 Å². The van der Waals surface area contributed by atoms with Crippen molar-refractivity contribution in [2.75, 3.05) is 25.2 Å². The number of rotatable bonds is 2. The number of piperidine rings is 1. The van der Waals surface area contributed by atoms with Crippen LogP contribution in [0.15, 0.2) is 30.3 Å². The number of benzene rings is 3. The van der Waals surface area contributed by atoms with Crippen molar-refractivity contribution in [2.45, 2.75) is 24.5 Å². The van der Waals surface area contributed by atoms with Gasteiger partial charge in [-0.1, -0.05) is 29.3 Å². The molecule has 3 saturated heterocycles. The number of phenolic OH excluding ortho intramolecular Hbond substituents is 1. The normalized spacial score (nSPS) is 22.4. The van der Waals surface area contributed by atoms with Gasteiger partial charge < -0.3 is 24.8 Å². The Morgan fingerprint density at radius 2 is 1.97 bits per heavy atom. The first kappa shape index (κ1) is 21.2. The number of aromatic hydroxyl groups is 1. The predicted molar refractivity (Wildman–Crippen MR) is 133 cm³/mol. The second kappa shape index (κ2) is 7.46. The Bertz CT molecular complexity index is 1560. The third-order valence-corrected chi connectivity index (χ3v) is 7.99. The average molecular weight is 513 g/mol. The summed E-state index contributed by atoms with van der Waals surface area (Å²) in [7, 11) is 1.52. The highest BCUT2D eigenvalue weighted by Crippen LogP contribution is 2.50. The molecule has 0 aliphatic carbocycles. The summed E-state index contributed by atoms with van der Waals surface area (Å²) >= 11 is 13.4. The van der Waals surface area contributed by atoms with Gasteiger partial charge in [-0.3, -0.25) is 0 Å². The van der Waals surface area contributed by atoms with E-state index in [1.54, 1.807) is 12.1 Å². The van der Waals surface area contributed by atoms with Crippen LogP contribution in [-0.2, 0) is 0 Å². The largest absolute Gasteiger partial charge is 0.508 e. The number of ether oxygens (including phenoxy) is 2. The van der Waals surface area contributed by atoms with Gasteiger partial charge in [-0.25, -0.2) is 4.39 Å². The number of phenols is 1. The van der Waals surface area contributed by atoms with Gasteiger partial charge in [-0.15, -0.1) is 0 Å². The fourth-order valence-corrected chi connectivity index (χ4v) is 6.19. The Labute approximate surface area is 209 Å². The van der Waals surface area contributed by atoms with E-state index < -0.39 is 5.82 Å². The fourth-order valence-electron chi connectivity index (χ4n) is 5.61. The topological polar surface area (TPSA) is 79.7 Å². The summed E-state index contributed by atoms with van der Waals surface area (Å²) in [5.41, 5.74) is 1.55. The van der Waals surface area contributed by atoms with Gasteiger partial charge in [0.25, 0.3) is 0 Å². The lowest BCUT2D eigenvalue weighted by Gasteiger charge is -2.53. The minimum atomic E-state index is -0.563. The first-order valence-electron chi connectivity index (χ1n) is 11.3.